The third kappa shape index (κ3) is 3.23. The summed E-state index contributed by atoms with van der Waals surface area (Å²) in [6, 6.07) is 3.67. The minimum absolute atomic E-state index is 0.146. The summed E-state index contributed by atoms with van der Waals surface area (Å²) in [5, 5.41) is 9.28. The van der Waals surface area contributed by atoms with Crippen LogP contribution in [-0.4, -0.2) is 52.2 Å². The Morgan fingerprint density at radius 3 is 2.91 bits per heavy atom. The third-order valence-electron chi connectivity index (χ3n) is 6.90. The van der Waals surface area contributed by atoms with E-state index in [1.807, 2.05) is 6.20 Å². The summed E-state index contributed by atoms with van der Waals surface area (Å²) in [4.78, 5) is 19.3. The lowest BCUT2D eigenvalue weighted by Crippen LogP contribution is -2.58. The second kappa shape index (κ2) is 7.81. The maximum atomic E-state index is 13.3. The highest BCUT2D eigenvalue weighted by Gasteiger charge is 2.35. The number of aromatic nitrogens is 4. The molecule has 1 saturated heterocycles. The smallest absolute Gasteiger partial charge is 0.278 e. The molecule has 0 aromatic carbocycles. The lowest BCUT2D eigenvalue weighted by atomic mass is 9.78. The SMILES string of the molecule is FC(F)c1cc2c(-c3nc(N4CCNCC4C4CCC4)c4c(n3)=CNCC=4)ccnc2[nH]1. The van der Waals surface area contributed by atoms with E-state index in [1.54, 1.807) is 12.3 Å². The number of alkyl halides is 2. The Hall–Kier alpha value is -3.07. The minimum Gasteiger partial charge on any atom is -0.386 e. The molecule has 2 fully saturated rings. The average molecular weight is 437 g/mol. The number of H-pyrrole nitrogens is 1. The summed E-state index contributed by atoms with van der Waals surface area (Å²) < 4.78 is 26.6. The fourth-order valence-electron chi connectivity index (χ4n) is 5.03. The predicted octanol–water partition coefficient (Wildman–Crippen LogP) is 1.66. The van der Waals surface area contributed by atoms with E-state index in [2.05, 4.69) is 31.6 Å². The summed E-state index contributed by atoms with van der Waals surface area (Å²) in [6.07, 6.45) is 6.89. The number of fused-ring (bicyclic) bond motifs is 2. The van der Waals surface area contributed by atoms with Crippen molar-refractivity contribution in [2.24, 2.45) is 5.92 Å². The van der Waals surface area contributed by atoms with Crippen LogP contribution in [0.25, 0.3) is 34.7 Å². The molecule has 1 atom stereocenters. The maximum Gasteiger partial charge on any atom is 0.278 e. The molecule has 3 aromatic rings. The van der Waals surface area contributed by atoms with Crippen LogP contribution in [0.4, 0.5) is 14.6 Å². The lowest BCUT2D eigenvalue weighted by Gasteiger charge is -2.45. The van der Waals surface area contributed by atoms with Crippen molar-refractivity contribution >= 4 is 29.1 Å². The molecule has 1 aliphatic carbocycles. The largest absolute Gasteiger partial charge is 0.386 e. The molecule has 6 rings (SSSR count). The normalized spacial score (nSPS) is 21.0. The number of hydrogen-bond donors (Lipinski definition) is 3. The highest BCUT2D eigenvalue weighted by atomic mass is 19.3. The van der Waals surface area contributed by atoms with Gasteiger partial charge in [-0.25, -0.2) is 23.7 Å². The maximum absolute atomic E-state index is 13.3. The van der Waals surface area contributed by atoms with Gasteiger partial charge in [0.15, 0.2) is 5.82 Å². The van der Waals surface area contributed by atoms with Gasteiger partial charge in [0.2, 0.25) is 0 Å². The van der Waals surface area contributed by atoms with E-state index in [9.17, 15) is 8.78 Å². The van der Waals surface area contributed by atoms with Gasteiger partial charge in [-0.15, -0.1) is 0 Å². The standard InChI is InChI=1S/C23H25F2N7/c24-20(25)17-10-16-14(5-7-28-21(16)29-17)22-30-18-11-26-6-4-15(18)23(31-22)32-9-8-27-12-19(32)13-2-1-3-13/h4-5,7,10-11,13,19-20,26-27H,1-3,6,8-9,12H2,(H,28,29). The van der Waals surface area contributed by atoms with Gasteiger partial charge in [0, 0.05) is 60.8 Å². The van der Waals surface area contributed by atoms with Crippen LogP contribution < -0.4 is 26.1 Å². The van der Waals surface area contributed by atoms with Crippen LogP contribution in [0.3, 0.4) is 0 Å². The zero-order valence-corrected chi connectivity index (χ0v) is 17.6. The number of halogens is 2. The second-order valence-corrected chi connectivity index (χ2v) is 8.73. The van der Waals surface area contributed by atoms with Crippen molar-refractivity contribution in [3.63, 3.8) is 0 Å². The molecule has 3 N–H and O–H groups in total. The molecule has 0 amide bonds. The Kier molecular flexibility index (Phi) is 4.78. The molecule has 0 spiro atoms. The topological polar surface area (TPSA) is 81.8 Å². The number of nitrogens with zero attached hydrogens (tertiary/aromatic N) is 4. The first kappa shape index (κ1) is 19.6. The fraction of sp³-hybridized carbons (Fsp3) is 0.435. The quantitative estimate of drug-likeness (QED) is 0.576. The van der Waals surface area contributed by atoms with Crippen molar-refractivity contribution in [2.75, 3.05) is 31.1 Å². The van der Waals surface area contributed by atoms with Gasteiger partial charge in [0.25, 0.3) is 6.43 Å². The van der Waals surface area contributed by atoms with E-state index in [0.717, 1.165) is 42.6 Å². The minimum atomic E-state index is -2.59. The number of anilines is 1. The number of aromatic amines is 1. The average Bonchev–Trinajstić information content (AvgIpc) is 3.23. The molecule has 3 aromatic heterocycles. The number of nitrogens with one attached hydrogen (secondary N) is 3. The molecule has 9 heteroatoms. The van der Waals surface area contributed by atoms with Gasteiger partial charge >= 0.3 is 0 Å². The number of piperazine rings is 1. The number of pyridine rings is 1. The zero-order chi connectivity index (χ0) is 21.7. The van der Waals surface area contributed by atoms with E-state index in [4.69, 9.17) is 9.97 Å². The Balaban J connectivity index is 1.53. The van der Waals surface area contributed by atoms with Gasteiger partial charge < -0.3 is 20.5 Å². The van der Waals surface area contributed by atoms with E-state index >= 15 is 0 Å². The Morgan fingerprint density at radius 1 is 1.19 bits per heavy atom. The molecule has 0 radical (unpaired) electrons. The van der Waals surface area contributed by atoms with Crippen LogP contribution in [0, 0.1) is 5.92 Å². The Bertz CT molecular complexity index is 1280. The molecule has 1 unspecified atom stereocenters. The van der Waals surface area contributed by atoms with E-state index in [0.29, 0.717) is 34.4 Å². The van der Waals surface area contributed by atoms with Gasteiger partial charge in [-0.1, -0.05) is 12.5 Å². The molecule has 32 heavy (non-hydrogen) atoms. The van der Waals surface area contributed by atoms with Gasteiger partial charge in [0.1, 0.15) is 11.5 Å². The van der Waals surface area contributed by atoms with Crippen molar-refractivity contribution in [3.8, 4) is 11.4 Å². The highest BCUT2D eigenvalue weighted by molar-refractivity contribution is 5.91. The van der Waals surface area contributed by atoms with E-state index in [-0.39, 0.29) is 5.69 Å². The van der Waals surface area contributed by atoms with Crippen molar-refractivity contribution < 1.29 is 8.78 Å². The molecule has 5 heterocycles. The molecular weight excluding hydrogens is 412 g/mol. The first-order chi connectivity index (χ1) is 15.7. The molecule has 1 saturated carbocycles. The summed E-state index contributed by atoms with van der Waals surface area (Å²) in [6.45, 7) is 3.49. The van der Waals surface area contributed by atoms with Crippen molar-refractivity contribution in [1.82, 2.24) is 30.6 Å². The van der Waals surface area contributed by atoms with E-state index in [1.165, 1.54) is 25.3 Å². The molecular formula is C23H25F2N7. The molecule has 3 aliphatic rings. The number of hydrogen-bond acceptors (Lipinski definition) is 6. The van der Waals surface area contributed by atoms with Crippen molar-refractivity contribution in [3.05, 3.63) is 34.6 Å². The Morgan fingerprint density at radius 2 is 2.09 bits per heavy atom. The third-order valence-corrected chi connectivity index (χ3v) is 6.90. The van der Waals surface area contributed by atoms with Crippen LogP contribution in [0.2, 0.25) is 0 Å². The second-order valence-electron chi connectivity index (χ2n) is 8.73. The van der Waals surface area contributed by atoms with Crippen LogP contribution in [0.15, 0.2) is 18.3 Å². The first-order valence-electron chi connectivity index (χ1n) is 11.2. The van der Waals surface area contributed by atoms with Gasteiger partial charge in [0.05, 0.1) is 11.0 Å². The van der Waals surface area contributed by atoms with Crippen LogP contribution in [0.1, 0.15) is 31.4 Å². The predicted molar refractivity (Wildman–Crippen MR) is 120 cm³/mol. The highest BCUT2D eigenvalue weighted by Crippen LogP contribution is 2.34. The molecule has 2 aliphatic heterocycles. The van der Waals surface area contributed by atoms with Crippen molar-refractivity contribution in [1.29, 1.82) is 0 Å². The first-order valence-corrected chi connectivity index (χ1v) is 11.2. The van der Waals surface area contributed by atoms with Crippen LogP contribution in [0.5, 0.6) is 0 Å². The summed E-state index contributed by atoms with van der Waals surface area (Å²) >= 11 is 0. The van der Waals surface area contributed by atoms with Gasteiger partial charge in [-0.3, -0.25) is 0 Å². The van der Waals surface area contributed by atoms with Gasteiger partial charge in [-0.2, -0.15) is 0 Å². The fourth-order valence-corrected chi connectivity index (χ4v) is 5.03. The Labute approximate surface area is 183 Å². The summed E-state index contributed by atoms with van der Waals surface area (Å²) in [7, 11) is 0. The van der Waals surface area contributed by atoms with Crippen molar-refractivity contribution in [2.45, 2.75) is 31.7 Å². The number of rotatable bonds is 4. The zero-order valence-electron chi connectivity index (χ0n) is 17.6. The van der Waals surface area contributed by atoms with E-state index < -0.39 is 6.43 Å². The lowest BCUT2D eigenvalue weighted by molar-refractivity contribution is 0.147. The molecule has 166 valence electrons. The summed E-state index contributed by atoms with van der Waals surface area (Å²) in [5.74, 6) is 2.15. The van der Waals surface area contributed by atoms with Crippen LogP contribution in [-0.2, 0) is 0 Å². The monoisotopic (exact) mass is 437 g/mol. The molecule has 7 nitrogen and oxygen atoms in total. The van der Waals surface area contributed by atoms with Gasteiger partial charge in [-0.05, 0) is 30.9 Å². The summed E-state index contributed by atoms with van der Waals surface area (Å²) in [5.41, 5.74) is 0.979. The van der Waals surface area contributed by atoms with Crippen LogP contribution >= 0.6 is 0 Å². The molecule has 0 bridgehead atoms.